The van der Waals surface area contributed by atoms with Crippen molar-refractivity contribution in [2.45, 2.75) is 0 Å². The second kappa shape index (κ2) is 3.01. The van der Waals surface area contributed by atoms with Gasteiger partial charge in [0.1, 0.15) is 5.82 Å². The molecule has 0 aliphatic rings. The fourth-order valence-electron chi connectivity index (χ4n) is 0.749. The molecular weight excluding hydrogens is 140 g/mol. The molecule has 0 aromatic carbocycles. The standard InChI is InChI=1S/C7H10N4/c1-10-3-5-2-7(9)11-4-6(5)8/h2-4H,8H2,1H3,(H2,9,11). The maximum absolute atomic E-state index is 5.57. The summed E-state index contributed by atoms with van der Waals surface area (Å²) in [6.07, 6.45) is 3.17. The molecule has 0 radical (unpaired) electrons. The van der Waals surface area contributed by atoms with Gasteiger partial charge in [-0.3, -0.25) is 4.99 Å². The van der Waals surface area contributed by atoms with Gasteiger partial charge >= 0.3 is 0 Å². The van der Waals surface area contributed by atoms with E-state index in [0.717, 1.165) is 5.56 Å². The van der Waals surface area contributed by atoms with Crippen LogP contribution in [0.2, 0.25) is 0 Å². The van der Waals surface area contributed by atoms with Gasteiger partial charge < -0.3 is 11.5 Å². The summed E-state index contributed by atoms with van der Waals surface area (Å²) >= 11 is 0. The van der Waals surface area contributed by atoms with E-state index < -0.39 is 0 Å². The molecule has 1 rings (SSSR count). The van der Waals surface area contributed by atoms with Gasteiger partial charge in [0.15, 0.2) is 0 Å². The van der Waals surface area contributed by atoms with E-state index in [4.69, 9.17) is 11.5 Å². The highest BCUT2D eigenvalue weighted by molar-refractivity contribution is 5.87. The summed E-state index contributed by atoms with van der Waals surface area (Å²) in [5.41, 5.74) is 12.4. The Bertz CT molecular complexity index is 280. The average molecular weight is 150 g/mol. The van der Waals surface area contributed by atoms with Gasteiger partial charge in [0.25, 0.3) is 0 Å². The van der Waals surface area contributed by atoms with Crippen molar-refractivity contribution in [3.05, 3.63) is 17.8 Å². The van der Waals surface area contributed by atoms with Crippen LogP contribution in [0.4, 0.5) is 11.5 Å². The van der Waals surface area contributed by atoms with Crippen molar-refractivity contribution in [2.75, 3.05) is 18.5 Å². The second-order valence-corrected chi connectivity index (χ2v) is 2.13. The Morgan fingerprint density at radius 3 is 2.91 bits per heavy atom. The molecular formula is C7H10N4. The van der Waals surface area contributed by atoms with E-state index in [9.17, 15) is 0 Å². The van der Waals surface area contributed by atoms with Crippen molar-refractivity contribution in [1.29, 1.82) is 0 Å². The summed E-state index contributed by atoms with van der Waals surface area (Å²) in [6.45, 7) is 0. The van der Waals surface area contributed by atoms with E-state index in [0.29, 0.717) is 11.5 Å². The largest absolute Gasteiger partial charge is 0.397 e. The normalized spacial score (nSPS) is 10.6. The van der Waals surface area contributed by atoms with E-state index >= 15 is 0 Å². The molecule has 4 nitrogen and oxygen atoms in total. The van der Waals surface area contributed by atoms with E-state index in [1.54, 1.807) is 19.3 Å². The van der Waals surface area contributed by atoms with Crippen LogP contribution >= 0.6 is 0 Å². The van der Waals surface area contributed by atoms with Gasteiger partial charge in [0, 0.05) is 18.8 Å². The lowest BCUT2D eigenvalue weighted by atomic mass is 10.2. The number of aromatic nitrogens is 1. The molecule has 0 saturated carbocycles. The van der Waals surface area contributed by atoms with Crippen LogP contribution in [0, 0.1) is 0 Å². The molecule has 0 unspecified atom stereocenters. The minimum atomic E-state index is 0.453. The zero-order chi connectivity index (χ0) is 8.27. The zero-order valence-corrected chi connectivity index (χ0v) is 6.28. The van der Waals surface area contributed by atoms with Crippen molar-refractivity contribution < 1.29 is 0 Å². The number of pyridine rings is 1. The monoisotopic (exact) mass is 150 g/mol. The van der Waals surface area contributed by atoms with Crippen molar-refractivity contribution in [3.8, 4) is 0 Å². The van der Waals surface area contributed by atoms with Gasteiger partial charge in [0.05, 0.1) is 11.9 Å². The molecule has 4 heteroatoms. The summed E-state index contributed by atoms with van der Waals surface area (Å²) < 4.78 is 0. The lowest BCUT2D eigenvalue weighted by Gasteiger charge is -1.98. The number of hydrogen-bond donors (Lipinski definition) is 2. The Labute approximate surface area is 65.0 Å². The molecule has 1 aromatic heterocycles. The smallest absolute Gasteiger partial charge is 0.124 e. The van der Waals surface area contributed by atoms with Gasteiger partial charge in [-0.25, -0.2) is 4.98 Å². The fourth-order valence-corrected chi connectivity index (χ4v) is 0.749. The Balaban J connectivity index is 3.12. The summed E-state index contributed by atoms with van der Waals surface area (Å²) in [7, 11) is 1.68. The van der Waals surface area contributed by atoms with Gasteiger partial charge in [-0.2, -0.15) is 0 Å². The number of nitrogens with two attached hydrogens (primary N) is 2. The third-order valence-corrected chi connectivity index (χ3v) is 1.26. The molecule has 0 aliphatic heterocycles. The number of rotatable bonds is 1. The second-order valence-electron chi connectivity index (χ2n) is 2.13. The molecule has 1 aromatic rings. The maximum atomic E-state index is 5.57. The van der Waals surface area contributed by atoms with Crippen LogP contribution in [0.3, 0.4) is 0 Å². The first-order valence-electron chi connectivity index (χ1n) is 3.17. The molecule has 0 amide bonds. The van der Waals surface area contributed by atoms with E-state index in [2.05, 4.69) is 9.98 Å². The number of anilines is 2. The summed E-state index contributed by atoms with van der Waals surface area (Å²) in [5.74, 6) is 0.453. The van der Waals surface area contributed by atoms with Crippen molar-refractivity contribution in [3.63, 3.8) is 0 Å². The molecule has 4 N–H and O–H groups in total. The van der Waals surface area contributed by atoms with Crippen LogP contribution in [0.25, 0.3) is 0 Å². The van der Waals surface area contributed by atoms with Gasteiger partial charge in [-0.1, -0.05) is 0 Å². The highest BCUT2D eigenvalue weighted by Gasteiger charge is 1.95. The Hall–Kier alpha value is -1.58. The van der Waals surface area contributed by atoms with Gasteiger partial charge in [0.2, 0.25) is 0 Å². The molecule has 0 bridgehead atoms. The first kappa shape index (κ1) is 7.53. The first-order valence-corrected chi connectivity index (χ1v) is 3.17. The Morgan fingerprint density at radius 1 is 1.55 bits per heavy atom. The lowest BCUT2D eigenvalue weighted by Crippen LogP contribution is -1.97. The van der Waals surface area contributed by atoms with Crippen LogP contribution in [-0.2, 0) is 0 Å². The highest BCUT2D eigenvalue weighted by atomic mass is 14.8. The molecule has 0 aliphatic carbocycles. The van der Waals surface area contributed by atoms with Crippen LogP contribution in [0.15, 0.2) is 17.3 Å². The van der Waals surface area contributed by atoms with Crippen molar-refractivity contribution in [1.82, 2.24) is 4.98 Å². The van der Waals surface area contributed by atoms with Crippen LogP contribution in [0.1, 0.15) is 5.56 Å². The summed E-state index contributed by atoms with van der Waals surface area (Å²) in [5, 5.41) is 0. The van der Waals surface area contributed by atoms with E-state index in [-0.39, 0.29) is 0 Å². The third-order valence-electron chi connectivity index (χ3n) is 1.26. The van der Waals surface area contributed by atoms with E-state index in [1.165, 1.54) is 6.20 Å². The Morgan fingerprint density at radius 2 is 2.27 bits per heavy atom. The predicted molar refractivity (Wildman–Crippen MR) is 46.6 cm³/mol. The third kappa shape index (κ3) is 1.67. The minimum Gasteiger partial charge on any atom is -0.397 e. The molecule has 11 heavy (non-hydrogen) atoms. The molecule has 0 spiro atoms. The topological polar surface area (TPSA) is 77.3 Å². The summed E-state index contributed by atoms with van der Waals surface area (Å²) in [4.78, 5) is 7.63. The molecule has 0 atom stereocenters. The quantitative estimate of drug-likeness (QED) is 0.565. The van der Waals surface area contributed by atoms with Crippen LogP contribution in [0.5, 0.6) is 0 Å². The van der Waals surface area contributed by atoms with Crippen molar-refractivity contribution >= 4 is 17.7 Å². The van der Waals surface area contributed by atoms with Gasteiger partial charge in [-0.05, 0) is 6.07 Å². The van der Waals surface area contributed by atoms with Gasteiger partial charge in [-0.15, -0.1) is 0 Å². The minimum absolute atomic E-state index is 0.453. The predicted octanol–water partition coefficient (Wildman–Crippen LogP) is 0.295. The maximum Gasteiger partial charge on any atom is 0.124 e. The van der Waals surface area contributed by atoms with Crippen LogP contribution in [-0.4, -0.2) is 18.2 Å². The zero-order valence-electron chi connectivity index (χ0n) is 6.28. The molecule has 1 heterocycles. The summed E-state index contributed by atoms with van der Waals surface area (Å²) in [6, 6.07) is 1.68. The molecule has 0 saturated heterocycles. The first-order chi connectivity index (χ1) is 5.24. The molecule has 58 valence electrons. The Kier molecular flexibility index (Phi) is 2.06. The SMILES string of the molecule is CN=Cc1cc(N)ncc1N. The van der Waals surface area contributed by atoms with E-state index in [1.807, 2.05) is 0 Å². The number of nitrogen functional groups attached to an aromatic ring is 2. The van der Waals surface area contributed by atoms with Crippen molar-refractivity contribution in [2.24, 2.45) is 4.99 Å². The van der Waals surface area contributed by atoms with Crippen LogP contribution < -0.4 is 11.5 Å². The fraction of sp³-hybridized carbons (Fsp3) is 0.143. The molecule has 0 fully saturated rings. The highest BCUT2D eigenvalue weighted by Crippen LogP contribution is 2.09. The lowest BCUT2D eigenvalue weighted by molar-refractivity contribution is 1.33. The number of hydrogen-bond acceptors (Lipinski definition) is 4. The average Bonchev–Trinajstić information content (AvgIpc) is 1.98. The number of aliphatic imine (C=N–C) groups is 1. The number of nitrogens with zero attached hydrogens (tertiary/aromatic N) is 2.